The van der Waals surface area contributed by atoms with E-state index in [2.05, 4.69) is 55.5 Å². The Morgan fingerprint density at radius 3 is 2.59 bits per heavy atom. The van der Waals surface area contributed by atoms with Crippen LogP contribution in [0.2, 0.25) is 0 Å². The van der Waals surface area contributed by atoms with Crippen molar-refractivity contribution in [1.29, 1.82) is 0 Å². The van der Waals surface area contributed by atoms with Gasteiger partial charge in [-0.1, -0.05) is 30.3 Å². The lowest BCUT2D eigenvalue weighted by Gasteiger charge is -2.35. The second-order valence-electron chi connectivity index (χ2n) is 7.33. The van der Waals surface area contributed by atoms with Crippen molar-refractivity contribution in [2.24, 2.45) is 0 Å². The Balaban J connectivity index is 1.19. The zero-order chi connectivity index (χ0) is 18.1. The Bertz CT molecular complexity index is 898. The fourth-order valence-corrected chi connectivity index (χ4v) is 4.43. The summed E-state index contributed by atoms with van der Waals surface area (Å²) in [5, 5.41) is 3.36. The summed E-state index contributed by atoms with van der Waals surface area (Å²) in [6.45, 7) is 5.05. The molecule has 2 aliphatic rings. The number of nitrogens with zero attached hydrogens (tertiary/aromatic N) is 5. The van der Waals surface area contributed by atoms with E-state index in [0.717, 1.165) is 44.2 Å². The maximum absolute atomic E-state index is 4.83. The van der Waals surface area contributed by atoms with Crippen molar-refractivity contribution in [3.05, 3.63) is 58.8 Å². The van der Waals surface area contributed by atoms with Crippen LogP contribution in [-0.4, -0.2) is 46.0 Å². The molecule has 2 fully saturated rings. The second kappa shape index (κ2) is 7.37. The van der Waals surface area contributed by atoms with Gasteiger partial charge < -0.3 is 4.90 Å². The van der Waals surface area contributed by atoms with Gasteiger partial charge in [0.25, 0.3) is 0 Å². The third-order valence-corrected chi connectivity index (χ3v) is 6.18. The molecule has 0 bridgehead atoms. The summed E-state index contributed by atoms with van der Waals surface area (Å²) in [5.41, 5.74) is 3.50. The molecule has 6 heteroatoms. The average molecular weight is 378 g/mol. The molecule has 3 heterocycles. The fraction of sp³-hybridized carbons (Fsp3) is 0.381. The molecule has 3 aromatic rings. The highest BCUT2D eigenvalue weighted by Gasteiger charge is 2.26. The molecule has 0 radical (unpaired) electrons. The first-order valence-electron chi connectivity index (χ1n) is 9.64. The highest BCUT2D eigenvalue weighted by molar-refractivity contribution is 7.09. The molecular weight excluding hydrogens is 354 g/mol. The van der Waals surface area contributed by atoms with Crippen LogP contribution in [0.3, 0.4) is 0 Å². The predicted molar refractivity (Wildman–Crippen MR) is 109 cm³/mol. The van der Waals surface area contributed by atoms with Gasteiger partial charge in [-0.15, -0.1) is 11.3 Å². The molecule has 0 amide bonds. The van der Waals surface area contributed by atoms with Crippen LogP contribution in [0, 0.1) is 0 Å². The first-order chi connectivity index (χ1) is 13.3. The van der Waals surface area contributed by atoms with Gasteiger partial charge in [0, 0.05) is 54.8 Å². The molecule has 5 rings (SSSR count). The maximum Gasteiger partial charge on any atom is 0.132 e. The number of hydrogen-bond donors (Lipinski definition) is 0. The summed E-state index contributed by atoms with van der Waals surface area (Å²) < 4.78 is 0. The predicted octanol–water partition coefficient (Wildman–Crippen LogP) is 3.80. The van der Waals surface area contributed by atoms with Crippen molar-refractivity contribution in [2.45, 2.75) is 25.3 Å². The minimum Gasteiger partial charge on any atom is -0.354 e. The molecule has 0 spiro atoms. The van der Waals surface area contributed by atoms with Crippen molar-refractivity contribution >= 4 is 17.2 Å². The third kappa shape index (κ3) is 3.87. The molecule has 138 valence electrons. The van der Waals surface area contributed by atoms with Gasteiger partial charge >= 0.3 is 0 Å². The summed E-state index contributed by atoms with van der Waals surface area (Å²) in [5.74, 6) is 1.77. The smallest absolute Gasteiger partial charge is 0.132 e. The minimum absolute atomic E-state index is 0.678. The Morgan fingerprint density at radius 2 is 1.81 bits per heavy atom. The van der Waals surface area contributed by atoms with E-state index in [0.29, 0.717) is 5.92 Å². The molecule has 0 N–H and O–H groups in total. The second-order valence-corrected chi connectivity index (χ2v) is 8.27. The molecule has 0 atom stereocenters. The Hall–Kier alpha value is -2.31. The molecule has 0 unspecified atom stereocenters. The van der Waals surface area contributed by atoms with Crippen molar-refractivity contribution in [1.82, 2.24) is 19.9 Å². The summed E-state index contributed by atoms with van der Waals surface area (Å²) in [6, 6.07) is 12.6. The highest BCUT2D eigenvalue weighted by Crippen LogP contribution is 2.39. The maximum atomic E-state index is 4.83. The van der Waals surface area contributed by atoms with E-state index < -0.39 is 0 Å². The van der Waals surface area contributed by atoms with Gasteiger partial charge in [0.1, 0.15) is 17.2 Å². The molecule has 1 saturated carbocycles. The first kappa shape index (κ1) is 16.8. The van der Waals surface area contributed by atoms with E-state index in [1.807, 2.05) is 6.07 Å². The summed E-state index contributed by atoms with van der Waals surface area (Å²) in [7, 11) is 0. The van der Waals surface area contributed by atoms with Crippen molar-refractivity contribution in [3.63, 3.8) is 0 Å². The molecule has 2 aromatic heterocycles. The normalized spacial score (nSPS) is 18.0. The Morgan fingerprint density at radius 1 is 1.00 bits per heavy atom. The van der Waals surface area contributed by atoms with E-state index in [1.54, 1.807) is 17.7 Å². The first-order valence-corrected chi connectivity index (χ1v) is 10.5. The van der Waals surface area contributed by atoms with Crippen LogP contribution in [0.15, 0.2) is 48.1 Å². The SMILES string of the molecule is c1ccc(-c2csc(CN3CCN(c4cc(C5CC5)ncn4)CC3)n2)cc1. The van der Waals surface area contributed by atoms with Crippen molar-refractivity contribution in [2.75, 3.05) is 31.1 Å². The van der Waals surface area contributed by atoms with Gasteiger partial charge in [-0.3, -0.25) is 4.90 Å². The van der Waals surface area contributed by atoms with Gasteiger partial charge in [-0.25, -0.2) is 15.0 Å². The third-order valence-electron chi connectivity index (χ3n) is 5.35. The summed E-state index contributed by atoms with van der Waals surface area (Å²) >= 11 is 1.76. The standard InChI is InChI=1S/C21H23N5S/c1-2-4-16(5-3-1)19-14-27-21(24-19)13-25-8-10-26(11-9-25)20-12-18(17-6-7-17)22-15-23-20/h1-5,12,14-15,17H,6-11,13H2. The van der Waals surface area contributed by atoms with Crippen molar-refractivity contribution < 1.29 is 0 Å². The number of rotatable bonds is 5. The topological polar surface area (TPSA) is 45.2 Å². The lowest BCUT2D eigenvalue weighted by molar-refractivity contribution is 0.249. The quantitative estimate of drug-likeness (QED) is 0.677. The lowest BCUT2D eigenvalue weighted by Crippen LogP contribution is -2.46. The number of benzene rings is 1. The summed E-state index contributed by atoms with van der Waals surface area (Å²) in [4.78, 5) is 18.7. The van der Waals surface area contributed by atoms with Gasteiger partial charge in [0.15, 0.2) is 0 Å². The van der Waals surface area contributed by atoms with E-state index in [4.69, 9.17) is 4.98 Å². The van der Waals surface area contributed by atoms with Crippen LogP contribution in [-0.2, 0) is 6.54 Å². The molecule has 5 nitrogen and oxygen atoms in total. The fourth-order valence-electron chi connectivity index (χ4n) is 3.59. The van der Waals surface area contributed by atoms with Gasteiger partial charge in [0.05, 0.1) is 12.2 Å². The van der Waals surface area contributed by atoms with Crippen LogP contribution in [0.5, 0.6) is 0 Å². The van der Waals surface area contributed by atoms with Crippen LogP contribution in [0.25, 0.3) is 11.3 Å². The van der Waals surface area contributed by atoms with Crippen LogP contribution in [0.4, 0.5) is 5.82 Å². The Labute approximate surface area is 163 Å². The van der Waals surface area contributed by atoms with Crippen LogP contribution < -0.4 is 4.90 Å². The monoisotopic (exact) mass is 377 g/mol. The molecule has 1 aliphatic carbocycles. The zero-order valence-electron chi connectivity index (χ0n) is 15.3. The summed E-state index contributed by atoms with van der Waals surface area (Å²) in [6.07, 6.45) is 4.29. The average Bonchev–Trinajstić information content (AvgIpc) is 3.49. The number of thiazole rings is 1. The highest BCUT2D eigenvalue weighted by atomic mass is 32.1. The molecular formula is C21H23N5S. The van der Waals surface area contributed by atoms with Gasteiger partial charge in [-0.05, 0) is 12.8 Å². The van der Waals surface area contributed by atoms with Crippen molar-refractivity contribution in [3.8, 4) is 11.3 Å². The van der Waals surface area contributed by atoms with Gasteiger partial charge in [-0.2, -0.15) is 0 Å². The number of aromatic nitrogens is 3. The minimum atomic E-state index is 0.678. The number of anilines is 1. The lowest BCUT2D eigenvalue weighted by atomic mass is 10.2. The molecule has 1 aromatic carbocycles. The van der Waals surface area contributed by atoms with E-state index in [1.165, 1.54) is 29.1 Å². The Kier molecular flexibility index (Phi) is 4.59. The van der Waals surface area contributed by atoms with Crippen LogP contribution >= 0.6 is 11.3 Å². The van der Waals surface area contributed by atoms with Crippen LogP contribution in [0.1, 0.15) is 29.5 Å². The largest absolute Gasteiger partial charge is 0.354 e. The van der Waals surface area contributed by atoms with E-state index in [9.17, 15) is 0 Å². The molecule has 27 heavy (non-hydrogen) atoms. The number of hydrogen-bond acceptors (Lipinski definition) is 6. The van der Waals surface area contributed by atoms with E-state index in [-0.39, 0.29) is 0 Å². The molecule has 1 saturated heterocycles. The van der Waals surface area contributed by atoms with Gasteiger partial charge in [0.2, 0.25) is 0 Å². The number of piperazine rings is 1. The molecule has 1 aliphatic heterocycles. The zero-order valence-corrected chi connectivity index (χ0v) is 16.1. The van der Waals surface area contributed by atoms with E-state index >= 15 is 0 Å².